The van der Waals surface area contributed by atoms with Crippen LogP contribution in [-0.4, -0.2) is 56.6 Å². The molecule has 2 fully saturated rings. The van der Waals surface area contributed by atoms with Gasteiger partial charge in [0.15, 0.2) is 5.78 Å². The largest absolute Gasteiger partial charge is 0.381 e. The molecule has 1 atom stereocenters. The topological polar surface area (TPSA) is 32.8 Å². The van der Waals surface area contributed by atoms with Crippen LogP contribution in [0.15, 0.2) is 24.3 Å². The SMILES string of the molecule is O=C(CN1CCN(c2cccc(Cl)c2)CC1)C1CCOC1. The number of ether oxygens (including phenoxy) is 1. The third-order valence-corrected chi connectivity index (χ3v) is 4.55. The Kier molecular flexibility index (Phi) is 4.78. The van der Waals surface area contributed by atoms with Crippen LogP contribution < -0.4 is 4.90 Å². The van der Waals surface area contributed by atoms with Gasteiger partial charge in [0.2, 0.25) is 0 Å². The van der Waals surface area contributed by atoms with E-state index in [1.165, 1.54) is 0 Å². The van der Waals surface area contributed by atoms with Crippen molar-refractivity contribution in [2.45, 2.75) is 6.42 Å². The molecule has 0 amide bonds. The van der Waals surface area contributed by atoms with Crippen LogP contribution in [0.25, 0.3) is 0 Å². The molecule has 2 saturated heterocycles. The predicted molar refractivity (Wildman–Crippen MR) is 84.0 cm³/mol. The Morgan fingerprint density at radius 2 is 2.10 bits per heavy atom. The summed E-state index contributed by atoms with van der Waals surface area (Å²) in [6.45, 7) is 5.64. The fourth-order valence-electron chi connectivity index (χ4n) is 2.97. The number of piperazine rings is 1. The second-order valence-electron chi connectivity index (χ2n) is 5.77. The third-order valence-electron chi connectivity index (χ3n) is 4.31. The van der Waals surface area contributed by atoms with E-state index >= 15 is 0 Å². The molecule has 5 heteroatoms. The van der Waals surface area contributed by atoms with E-state index in [0.29, 0.717) is 18.9 Å². The molecule has 0 saturated carbocycles. The molecule has 1 unspecified atom stereocenters. The molecular weight excluding hydrogens is 288 g/mol. The van der Waals surface area contributed by atoms with Crippen molar-refractivity contribution in [1.29, 1.82) is 0 Å². The second-order valence-corrected chi connectivity index (χ2v) is 6.21. The summed E-state index contributed by atoms with van der Waals surface area (Å²) < 4.78 is 5.29. The Morgan fingerprint density at radius 3 is 2.76 bits per heavy atom. The van der Waals surface area contributed by atoms with E-state index in [9.17, 15) is 4.79 Å². The zero-order chi connectivity index (χ0) is 14.7. The number of nitrogens with zero attached hydrogens (tertiary/aromatic N) is 2. The van der Waals surface area contributed by atoms with Crippen LogP contribution in [0.5, 0.6) is 0 Å². The lowest BCUT2D eigenvalue weighted by atomic mass is 10.0. The number of hydrogen-bond acceptors (Lipinski definition) is 4. The van der Waals surface area contributed by atoms with Crippen molar-refractivity contribution in [3.63, 3.8) is 0 Å². The highest BCUT2D eigenvalue weighted by molar-refractivity contribution is 6.30. The van der Waals surface area contributed by atoms with Crippen LogP contribution in [0.3, 0.4) is 0 Å². The summed E-state index contributed by atoms with van der Waals surface area (Å²) >= 11 is 6.04. The number of benzene rings is 1. The van der Waals surface area contributed by atoms with Crippen LogP contribution in [-0.2, 0) is 9.53 Å². The number of hydrogen-bond donors (Lipinski definition) is 0. The highest BCUT2D eigenvalue weighted by Gasteiger charge is 2.26. The molecule has 0 N–H and O–H groups in total. The van der Waals surface area contributed by atoms with E-state index in [1.54, 1.807) is 0 Å². The molecule has 1 aromatic rings. The maximum Gasteiger partial charge on any atom is 0.152 e. The first kappa shape index (κ1) is 14.8. The zero-order valence-corrected chi connectivity index (χ0v) is 12.9. The van der Waals surface area contributed by atoms with E-state index in [0.717, 1.165) is 49.9 Å². The van der Waals surface area contributed by atoms with E-state index in [2.05, 4.69) is 15.9 Å². The number of halogens is 1. The molecule has 2 aliphatic rings. The van der Waals surface area contributed by atoms with Crippen LogP contribution >= 0.6 is 11.6 Å². The van der Waals surface area contributed by atoms with E-state index in [-0.39, 0.29) is 5.92 Å². The minimum absolute atomic E-state index is 0.121. The number of Topliss-reactive ketones (excluding diaryl/α,β-unsaturated/α-hetero) is 1. The van der Waals surface area contributed by atoms with Crippen molar-refractivity contribution in [2.24, 2.45) is 5.92 Å². The average Bonchev–Trinajstić information content (AvgIpc) is 3.02. The summed E-state index contributed by atoms with van der Waals surface area (Å²) in [7, 11) is 0. The van der Waals surface area contributed by atoms with Gasteiger partial charge in [0, 0.05) is 49.4 Å². The van der Waals surface area contributed by atoms with Gasteiger partial charge in [-0.3, -0.25) is 9.69 Å². The molecule has 1 aromatic carbocycles. The first-order valence-corrected chi connectivity index (χ1v) is 7.93. The Labute approximate surface area is 130 Å². The zero-order valence-electron chi connectivity index (χ0n) is 12.1. The lowest BCUT2D eigenvalue weighted by Gasteiger charge is -2.36. The van der Waals surface area contributed by atoms with E-state index in [4.69, 9.17) is 16.3 Å². The van der Waals surface area contributed by atoms with Crippen LogP contribution in [0.1, 0.15) is 6.42 Å². The number of anilines is 1. The summed E-state index contributed by atoms with van der Waals surface area (Å²) in [5.41, 5.74) is 1.16. The minimum Gasteiger partial charge on any atom is -0.381 e. The first-order chi connectivity index (χ1) is 10.2. The smallest absolute Gasteiger partial charge is 0.152 e. The molecule has 4 nitrogen and oxygen atoms in total. The second kappa shape index (κ2) is 6.77. The van der Waals surface area contributed by atoms with Gasteiger partial charge in [-0.05, 0) is 24.6 Å². The van der Waals surface area contributed by atoms with Gasteiger partial charge in [0.25, 0.3) is 0 Å². The summed E-state index contributed by atoms with van der Waals surface area (Å²) in [5, 5.41) is 0.770. The normalized spacial score (nSPS) is 23.5. The number of ketones is 1. The number of carbonyl (C=O) groups is 1. The van der Waals surface area contributed by atoms with Crippen molar-refractivity contribution in [1.82, 2.24) is 4.90 Å². The number of carbonyl (C=O) groups excluding carboxylic acids is 1. The van der Waals surface area contributed by atoms with Gasteiger partial charge in [0.05, 0.1) is 13.2 Å². The lowest BCUT2D eigenvalue weighted by molar-refractivity contribution is -0.124. The molecular formula is C16H21ClN2O2. The van der Waals surface area contributed by atoms with E-state index < -0.39 is 0 Å². The summed E-state index contributed by atoms with van der Waals surface area (Å²) in [5.74, 6) is 0.458. The van der Waals surface area contributed by atoms with Gasteiger partial charge < -0.3 is 9.64 Å². The summed E-state index contributed by atoms with van der Waals surface area (Å²) in [4.78, 5) is 16.7. The highest BCUT2D eigenvalue weighted by Crippen LogP contribution is 2.21. The Bertz CT molecular complexity index is 495. The van der Waals surface area contributed by atoms with Gasteiger partial charge in [0.1, 0.15) is 0 Å². The fraction of sp³-hybridized carbons (Fsp3) is 0.562. The van der Waals surface area contributed by atoms with Gasteiger partial charge >= 0.3 is 0 Å². The molecule has 114 valence electrons. The quantitative estimate of drug-likeness (QED) is 0.852. The molecule has 0 bridgehead atoms. The summed E-state index contributed by atoms with van der Waals surface area (Å²) in [6, 6.07) is 7.96. The summed E-state index contributed by atoms with van der Waals surface area (Å²) in [6.07, 6.45) is 0.890. The van der Waals surface area contributed by atoms with E-state index in [1.807, 2.05) is 18.2 Å². The van der Waals surface area contributed by atoms with Crippen LogP contribution in [0.2, 0.25) is 5.02 Å². The number of rotatable bonds is 4. The van der Waals surface area contributed by atoms with Crippen LogP contribution in [0.4, 0.5) is 5.69 Å². The molecule has 0 aromatic heterocycles. The van der Waals surface area contributed by atoms with Gasteiger partial charge in [-0.1, -0.05) is 17.7 Å². The Hall–Kier alpha value is -1.10. The lowest BCUT2D eigenvalue weighted by Crippen LogP contribution is -2.48. The van der Waals surface area contributed by atoms with Crippen LogP contribution in [0, 0.1) is 5.92 Å². The minimum atomic E-state index is 0.121. The molecule has 3 rings (SSSR count). The highest BCUT2D eigenvalue weighted by atomic mass is 35.5. The predicted octanol–water partition coefficient (Wildman–Crippen LogP) is 2.07. The maximum absolute atomic E-state index is 12.2. The third kappa shape index (κ3) is 3.76. The maximum atomic E-state index is 12.2. The molecule has 0 aliphatic carbocycles. The Morgan fingerprint density at radius 1 is 1.29 bits per heavy atom. The molecule has 2 heterocycles. The van der Waals surface area contributed by atoms with Crippen molar-refractivity contribution in [3.8, 4) is 0 Å². The van der Waals surface area contributed by atoms with Crippen molar-refractivity contribution < 1.29 is 9.53 Å². The standard InChI is InChI=1S/C16H21ClN2O2/c17-14-2-1-3-15(10-14)19-7-5-18(6-8-19)11-16(20)13-4-9-21-12-13/h1-3,10,13H,4-9,11-12H2. The average molecular weight is 309 g/mol. The van der Waals surface area contributed by atoms with Crippen molar-refractivity contribution in [3.05, 3.63) is 29.3 Å². The molecule has 0 spiro atoms. The fourth-order valence-corrected chi connectivity index (χ4v) is 3.16. The van der Waals surface area contributed by atoms with Gasteiger partial charge in [-0.2, -0.15) is 0 Å². The molecule has 21 heavy (non-hydrogen) atoms. The monoisotopic (exact) mass is 308 g/mol. The Balaban J connectivity index is 1.49. The van der Waals surface area contributed by atoms with Gasteiger partial charge in [-0.25, -0.2) is 0 Å². The first-order valence-electron chi connectivity index (χ1n) is 7.56. The van der Waals surface area contributed by atoms with Gasteiger partial charge in [-0.15, -0.1) is 0 Å². The molecule has 2 aliphatic heterocycles. The van der Waals surface area contributed by atoms with Crippen molar-refractivity contribution >= 4 is 23.1 Å². The molecule has 0 radical (unpaired) electrons. The van der Waals surface area contributed by atoms with Crippen molar-refractivity contribution in [2.75, 3.05) is 50.8 Å².